The number of nitrogens with two attached hydrogens (primary N) is 4. The summed E-state index contributed by atoms with van der Waals surface area (Å²) in [6.45, 7) is 8.45. The van der Waals surface area contributed by atoms with Crippen molar-refractivity contribution in [3.8, 4) is 0 Å². The summed E-state index contributed by atoms with van der Waals surface area (Å²) in [4.78, 5) is 0. The molecule has 0 radical (unpaired) electrons. The van der Waals surface area contributed by atoms with Crippen LogP contribution in [0.2, 0.25) is 0 Å². The Morgan fingerprint density at radius 3 is 0.405 bits per heavy atom. The first-order valence-corrected chi connectivity index (χ1v) is 11.6. The first-order chi connectivity index (χ1) is 16.8. The van der Waals surface area contributed by atoms with Crippen molar-refractivity contribution in [2.24, 2.45) is 22.9 Å². The second-order valence-electron chi connectivity index (χ2n) is 8.62. The first kappa shape index (κ1) is 60.8. The van der Waals surface area contributed by atoms with Crippen LogP contribution >= 0.6 is 0 Å². The van der Waals surface area contributed by atoms with Crippen LogP contribution in [0.5, 0.6) is 0 Å². The van der Waals surface area contributed by atoms with E-state index in [0.29, 0.717) is 0 Å². The van der Waals surface area contributed by atoms with E-state index < -0.39 is 0 Å². The molecular formula is C25H72N4O8. The zero-order valence-electron chi connectivity index (χ0n) is 25.5. The standard InChI is InChI=1S/2C8H18N2.8CH4O.CH4/c2*1-7(9)3-5-8(2,10)6-4-7;8*1-2;/h2*3-6,9-10H2,1-2H3;8*2H,1H3;1H4. The van der Waals surface area contributed by atoms with Crippen LogP contribution in [0.1, 0.15) is 86.5 Å². The molecule has 37 heavy (non-hydrogen) atoms. The highest BCUT2D eigenvalue weighted by Crippen LogP contribution is 2.31. The van der Waals surface area contributed by atoms with E-state index in [1.807, 2.05) is 0 Å². The number of hydrogen-bond donors (Lipinski definition) is 12. The third kappa shape index (κ3) is 52.7. The molecule has 0 aromatic carbocycles. The SMILES string of the molecule is C.CC1(N)CCC(C)(N)CC1.CC1(N)CCC(C)(N)CC1.CO.CO.CO.CO.CO.CO.CO.CO. The summed E-state index contributed by atoms with van der Waals surface area (Å²) in [5, 5.41) is 56.0. The fourth-order valence-electron chi connectivity index (χ4n) is 2.78. The normalized spacial score (nSPS) is 27.9. The molecule has 0 saturated heterocycles. The molecule has 0 heterocycles. The molecule has 2 rings (SSSR count). The lowest BCUT2D eigenvalue weighted by Crippen LogP contribution is -2.49. The Bertz CT molecular complexity index is 261. The fraction of sp³-hybridized carbons (Fsp3) is 1.00. The van der Waals surface area contributed by atoms with Gasteiger partial charge in [-0.05, 0) is 79.1 Å². The van der Waals surface area contributed by atoms with Gasteiger partial charge in [0.2, 0.25) is 0 Å². The van der Waals surface area contributed by atoms with Crippen molar-refractivity contribution in [3.63, 3.8) is 0 Å². The maximum atomic E-state index is 7.00. The van der Waals surface area contributed by atoms with Crippen LogP contribution in [-0.4, -0.2) is 120 Å². The van der Waals surface area contributed by atoms with Crippen molar-refractivity contribution >= 4 is 0 Å². The maximum absolute atomic E-state index is 7.00. The lowest BCUT2D eigenvalue weighted by molar-refractivity contribution is 0.231. The van der Waals surface area contributed by atoms with E-state index in [4.69, 9.17) is 63.8 Å². The first-order valence-electron chi connectivity index (χ1n) is 11.6. The van der Waals surface area contributed by atoms with Gasteiger partial charge in [0.1, 0.15) is 0 Å². The molecule has 0 aliphatic heterocycles. The lowest BCUT2D eigenvalue weighted by Gasteiger charge is -2.38. The molecular weight excluding hydrogens is 484 g/mol. The van der Waals surface area contributed by atoms with Gasteiger partial charge in [0, 0.05) is 79.0 Å². The van der Waals surface area contributed by atoms with Gasteiger partial charge in [-0.15, -0.1) is 0 Å². The smallest absolute Gasteiger partial charge is 0.0319 e. The minimum absolute atomic E-state index is 0. The molecule has 12 heteroatoms. The van der Waals surface area contributed by atoms with Gasteiger partial charge in [0.05, 0.1) is 0 Å². The van der Waals surface area contributed by atoms with Gasteiger partial charge in [-0.3, -0.25) is 0 Å². The van der Waals surface area contributed by atoms with E-state index >= 15 is 0 Å². The number of aliphatic hydroxyl groups excluding tert-OH is 8. The zero-order chi connectivity index (χ0) is 31.7. The molecule has 2 aliphatic rings. The average Bonchev–Trinajstić information content (AvgIpc) is 2.93. The third-order valence-electron chi connectivity index (χ3n) is 5.07. The second-order valence-corrected chi connectivity index (χ2v) is 8.62. The van der Waals surface area contributed by atoms with Gasteiger partial charge in [-0.2, -0.15) is 0 Å². The van der Waals surface area contributed by atoms with E-state index in [-0.39, 0.29) is 29.6 Å². The van der Waals surface area contributed by atoms with E-state index in [0.717, 1.165) is 108 Å². The lowest BCUT2D eigenvalue weighted by atomic mass is 9.75. The summed E-state index contributed by atoms with van der Waals surface area (Å²) in [6.07, 6.45) is 8.56. The Balaban J connectivity index is -0.0000000388. The molecule has 0 spiro atoms. The largest absolute Gasteiger partial charge is 0.400 e. The highest BCUT2D eigenvalue weighted by molar-refractivity contribution is 4.94. The van der Waals surface area contributed by atoms with Gasteiger partial charge in [0.25, 0.3) is 0 Å². The molecule has 0 aromatic rings. The molecule has 0 bridgehead atoms. The van der Waals surface area contributed by atoms with E-state index in [1.54, 1.807) is 0 Å². The van der Waals surface area contributed by atoms with Crippen LogP contribution in [0.25, 0.3) is 0 Å². The molecule has 12 nitrogen and oxygen atoms in total. The van der Waals surface area contributed by atoms with Crippen LogP contribution in [0.3, 0.4) is 0 Å². The molecule has 2 aliphatic carbocycles. The van der Waals surface area contributed by atoms with Gasteiger partial charge in [0.15, 0.2) is 0 Å². The minimum Gasteiger partial charge on any atom is -0.400 e. The Kier molecular flexibility index (Phi) is 70.1. The van der Waals surface area contributed by atoms with Gasteiger partial charge < -0.3 is 63.8 Å². The van der Waals surface area contributed by atoms with Crippen molar-refractivity contribution in [2.45, 2.75) is 109 Å². The predicted molar refractivity (Wildman–Crippen MR) is 159 cm³/mol. The van der Waals surface area contributed by atoms with Crippen molar-refractivity contribution in [3.05, 3.63) is 0 Å². The van der Waals surface area contributed by atoms with Crippen LogP contribution < -0.4 is 22.9 Å². The van der Waals surface area contributed by atoms with Crippen LogP contribution in [0.15, 0.2) is 0 Å². The average molecular weight is 557 g/mol. The van der Waals surface area contributed by atoms with Gasteiger partial charge in [-0.25, -0.2) is 0 Å². The van der Waals surface area contributed by atoms with E-state index in [9.17, 15) is 0 Å². The van der Waals surface area contributed by atoms with Crippen LogP contribution in [0.4, 0.5) is 0 Å². The topological polar surface area (TPSA) is 266 Å². The number of hydrogen-bond acceptors (Lipinski definition) is 12. The van der Waals surface area contributed by atoms with Crippen molar-refractivity contribution in [1.82, 2.24) is 0 Å². The van der Waals surface area contributed by atoms with Crippen LogP contribution in [0, 0.1) is 0 Å². The summed E-state index contributed by atoms with van der Waals surface area (Å²) < 4.78 is 0. The number of aliphatic hydroxyl groups is 8. The quantitative estimate of drug-likeness (QED) is 0.180. The monoisotopic (exact) mass is 557 g/mol. The predicted octanol–water partition coefficient (Wildman–Crippen LogP) is -0.505. The van der Waals surface area contributed by atoms with Gasteiger partial charge >= 0.3 is 0 Å². The van der Waals surface area contributed by atoms with Crippen LogP contribution in [-0.2, 0) is 0 Å². The Hall–Kier alpha value is -0.480. The Labute approximate surface area is 229 Å². The van der Waals surface area contributed by atoms with Crippen molar-refractivity contribution in [2.75, 3.05) is 56.9 Å². The zero-order valence-corrected chi connectivity index (χ0v) is 25.5. The number of rotatable bonds is 0. The summed E-state index contributed by atoms with van der Waals surface area (Å²) in [5.41, 5.74) is 24.0. The maximum Gasteiger partial charge on any atom is 0.0319 e. The second kappa shape index (κ2) is 42.6. The molecule has 16 N–H and O–H groups in total. The van der Waals surface area contributed by atoms with E-state index in [2.05, 4.69) is 27.7 Å². The summed E-state index contributed by atoms with van der Waals surface area (Å²) >= 11 is 0. The molecule has 240 valence electrons. The molecule has 0 aromatic heterocycles. The van der Waals surface area contributed by atoms with Crippen molar-refractivity contribution in [1.29, 1.82) is 0 Å². The van der Waals surface area contributed by atoms with E-state index in [1.165, 1.54) is 0 Å². The summed E-state index contributed by atoms with van der Waals surface area (Å²) in [7, 11) is 8.00. The highest BCUT2D eigenvalue weighted by Gasteiger charge is 2.32. The molecule has 2 saturated carbocycles. The molecule has 0 amide bonds. The Morgan fingerprint density at radius 1 is 0.297 bits per heavy atom. The molecule has 0 unspecified atom stereocenters. The van der Waals surface area contributed by atoms with Gasteiger partial charge in [-0.1, -0.05) is 7.43 Å². The minimum atomic E-state index is 0. The third-order valence-corrected chi connectivity index (χ3v) is 5.07. The fourth-order valence-corrected chi connectivity index (χ4v) is 2.78. The Morgan fingerprint density at radius 2 is 0.351 bits per heavy atom. The van der Waals surface area contributed by atoms with Crippen molar-refractivity contribution < 1.29 is 40.9 Å². The molecule has 2 fully saturated rings. The summed E-state index contributed by atoms with van der Waals surface area (Å²) in [5.74, 6) is 0. The summed E-state index contributed by atoms with van der Waals surface area (Å²) in [6, 6.07) is 0. The highest BCUT2D eigenvalue weighted by atomic mass is 16.2. The molecule has 0 atom stereocenters.